The van der Waals surface area contributed by atoms with E-state index >= 15 is 0 Å². The van der Waals surface area contributed by atoms with Gasteiger partial charge in [0.15, 0.2) is 5.82 Å². The molecule has 32 heavy (non-hydrogen) atoms. The number of carbonyl (C=O) groups excluding carboxylic acids is 1. The minimum atomic E-state index is -0.206. The van der Waals surface area contributed by atoms with Gasteiger partial charge in [-0.25, -0.2) is 9.67 Å². The topological polar surface area (TPSA) is 69.0 Å². The van der Waals surface area contributed by atoms with Crippen LogP contribution in [0.15, 0.2) is 66.9 Å². The number of unbranched alkanes of at least 4 members (excludes halogenated alkanes) is 3. The van der Waals surface area contributed by atoms with Crippen LogP contribution >= 0.6 is 0 Å². The van der Waals surface area contributed by atoms with Crippen LogP contribution in [0.4, 0.5) is 5.69 Å². The van der Waals surface area contributed by atoms with E-state index in [1.165, 1.54) is 19.3 Å². The Kier molecular flexibility index (Phi) is 6.80. The summed E-state index contributed by atoms with van der Waals surface area (Å²) in [7, 11) is 0. The number of hydrogen-bond donors (Lipinski definition) is 1. The number of benzene rings is 2. The summed E-state index contributed by atoms with van der Waals surface area (Å²) in [6, 6.07) is 19.3. The van der Waals surface area contributed by atoms with Gasteiger partial charge in [-0.05, 0) is 55.8 Å². The van der Waals surface area contributed by atoms with Crippen molar-refractivity contribution in [1.82, 2.24) is 14.8 Å². The van der Waals surface area contributed by atoms with Crippen LogP contribution in [0.1, 0.15) is 48.7 Å². The van der Waals surface area contributed by atoms with Gasteiger partial charge in [-0.2, -0.15) is 5.10 Å². The van der Waals surface area contributed by atoms with E-state index in [-0.39, 0.29) is 5.91 Å². The van der Waals surface area contributed by atoms with E-state index in [0.29, 0.717) is 23.7 Å². The van der Waals surface area contributed by atoms with Crippen molar-refractivity contribution in [3.05, 3.63) is 78.1 Å². The monoisotopic (exact) mass is 428 g/mol. The van der Waals surface area contributed by atoms with Crippen LogP contribution in [0.2, 0.25) is 0 Å². The summed E-state index contributed by atoms with van der Waals surface area (Å²) in [6.45, 7) is 4.78. The summed E-state index contributed by atoms with van der Waals surface area (Å²) >= 11 is 0. The lowest BCUT2D eigenvalue weighted by Crippen LogP contribution is -2.13. The van der Waals surface area contributed by atoms with Crippen molar-refractivity contribution in [1.29, 1.82) is 0 Å². The predicted molar refractivity (Wildman–Crippen MR) is 128 cm³/mol. The zero-order valence-electron chi connectivity index (χ0n) is 18.5. The first-order valence-electron chi connectivity index (χ1n) is 11.1. The Hall–Kier alpha value is -3.67. The molecular weight excluding hydrogens is 400 g/mol. The Labute approximate surface area is 188 Å². The van der Waals surface area contributed by atoms with E-state index in [1.807, 2.05) is 67.6 Å². The smallest absolute Gasteiger partial charge is 0.259 e. The Morgan fingerprint density at radius 2 is 1.81 bits per heavy atom. The molecule has 1 N–H and O–H groups in total. The van der Waals surface area contributed by atoms with E-state index in [1.54, 1.807) is 10.9 Å². The molecule has 0 radical (unpaired) electrons. The third-order valence-corrected chi connectivity index (χ3v) is 5.43. The highest BCUT2D eigenvalue weighted by molar-refractivity contribution is 6.05. The second kappa shape index (κ2) is 10.1. The molecule has 6 nitrogen and oxygen atoms in total. The van der Waals surface area contributed by atoms with Crippen LogP contribution in [-0.4, -0.2) is 27.3 Å². The average Bonchev–Trinajstić information content (AvgIpc) is 3.21. The number of ether oxygens (including phenoxy) is 1. The van der Waals surface area contributed by atoms with Gasteiger partial charge in [-0.3, -0.25) is 4.79 Å². The first kappa shape index (κ1) is 21.6. The molecule has 0 aliphatic heterocycles. The number of rotatable bonds is 9. The van der Waals surface area contributed by atoms with E-state index in [4.69, 9.17) is 4.74 Å². The number of pyridine rings is 1. The maximum Gasteiger partial charge on any atom is 0.259 e. The molecule has 6 heteroatoms. The van der Waals surface area contributed by atoms with Crippen molar-refractivity contribution in [2.45, 2.75) is 39.5 Å². The number of nitrogens with zero attached hydrogens (tertiary/aromatic N) is 3. The lowest BCUT2D eigenvalue weighted by Gasteiger charge is -2.09. The zero-order chi connectivity index (χ0) is 22.3. The molecule has 0 spiro atoms. The van der Waals surface area contributed by atoms with Gasteiger partial charge < -0.3 is 10.1 Å². The standard InChI is InChI=1S/C26H28N4O2/c1-3-4-5-8-17-32-22-14-12-21(13-15-22)28-26(31)23-18-27-30(19(23)2)25-16-11-20-9-6-7-10-24(20)29-25/h6-7,9-16,18H,3-5,8,17H2,1-2H3,(H,28,31). The SMILES string of the molecule is CCCCCCOc1ccc(NC(=O)c2cnn(-c3ccc4ccccc4n3)c2C)cc1. The molecule has 4 rings (SSSR count). The minimum Gasteiger partial charge on any atom is -0.494 e. The van der Waals surface area contributed by atoms with Crippen LogP contribution < -0.4 is 10.1 Å². The van der Waals surface area contributed by atoms with Crippen molar-refractivity contribution < 1.29 is 9.53 Å². The number of para-hydroxylation sites is 1. The second-order valence-electron chi connectivity index (χ2n) is 7.81. The molecule has 2 aromatic heterocycles. The maximum absolute atomic E-state index is 12.8. The fourth-order valence-corrected chi connectivity index (χ4v) is 3.59. The van der Waals surface area contributed by atoms with Gasteiger partial charge in [0.05, 0.1) is 29.6 Å². The number of fused-ring (bicyclic) bond motifs is 1. The molecule has 0 aliphatic carbocycles. The molecule has 164 valence electrons. The molecule has 0 saturated carbocycles. The van der Waals surface area contributed by atoms with Crippen molar-refractivity contribution in [2.24, 2.45) is 0 Å². The number of anilines is 1. The summed E-state index contributed by atoms with van der Waals surface area (Å²) in [4.78, 5) is 17.5. The van der Waals surface area contributed by atoms with Gasteiger partial charge in [0.1, 0.15) is 5.75 Å². The summed E-state index contributed by atoms with van der Waals surface area (Å²) in [6.07, 6.45) is 6.27. The van der Waals surface area contributed by atoms with Crippen LogP contribution in [-0.2, 0) is 0 Å². The molecule has 0 unspecified atom stereocenters. The van der Waals surface area contributed by atoms with E-state index in [2.05, 4.69) is 22.3 Å². The van der Waals surface area contributed by atoms with Crippen molar-refractivity contribution in [3.63, 3.8) is 0 Å². The molecule has 1 amide bonds. The van der Waals surface area contributed by atoms with Crippen LogP contribution in [0, 0.1) is 6.92 Å². The highest BCUT2D eigenvalue weighted by Crippen LogP contribution is 2.20. The van der Waals surface area contributed by atoms with E-state index < -0.39 is 0 Å². The fourth-order valence-electron chi connectivity index (χ4n) is 3.59. The number of amides is 1. The van der Waals surface area contributed by atoms with E-state index in [9.17, 15) is 4.79 Å². The molecule has 0 atom stereocenters. The quantitative estimate of drug-likeness (QED) is 0.335. The first-order chi connectivity index (χ1) is 15.7. The van der Waals surface area contributed by atoms with Gasteiger partial charge in [0.2, 0.25) is 0 Å². The molecule has 2 heterocycles. The fraction of sp³-hybridized carbons (Fsp3) is 0.269. The van der Waals surface area contributed by atoms with Crippen molar-refractivity contribution >= 4 is 22.5 Å². The molecular formula is C26H28N4O2. The first-order valence-corrected chi connectivity index (χ1v) is 11.1. The summed E-state index contributed by atoms with van der Waals surface area (Å²) in [5.41, 5.74) is 2.84. The zero-order valence-corrected chi connectivity index (χ0v) is 18.5. The predicted octanol–water partition coefficient (Wildman–Crippen LogP) is 5.94. The average molecular weight is 429 g/mol. The third-order valence-electron chi connectivity index (χ3n) is 5.43. The van der Waals surface area contributed by atoms with Crippen LogP contribution in [0.3, 0.4) is 0 Å². The Bertz CT molecular complexity index is 1200. The number of aromatic nitrogens is 3. The molecule has 4 aromatic rings. The normalized spacial score (nSPS) is 10.9. The van der Waals surface area contributed by atoms with Crippen LogP contribution in [0.5, 0.6) is 5.75 Å². The molecule has 0 fully saturated rings. The minimum absolute atomic E-state index is 0.206. The second-order valence-corrected chi connectivity index (χ2v) is 7.81. The van der Waals surface area contributed by atoms with Gasteiger partial charge in [0.25, 0.3) is 5.91 Å². The van der Waals surface area contributed by atoms with Crippen molar-refractivity contribution in [3.8, 4) is 11.6 Å². The van der Waals surface area contributed by atoms with Gasteiger partial charge in [-0.15, -0.1) is 0 Å². The maximum atomic E-state index is 12.8. The van der Waals surface area contributed by atoms with E-state index in [0.717, 1.165) is 28.8 Å². The van der Waals surface area contributed by atoms with Gasteiger partial charge in [0, 0.05) is 11.1 Å². The lowest BCUT2D eigenvalue weighted by molar-refractivity contribution is 0.102. The Morgan fingerprint density at radius 1 is 1.00 bits per heavy atom. The lowest BCUT2D eigenvalue weighted by atomic mass is 10.2. The number of hydrogen-bond acceptors (Lipinski definition) is 4. The molecule has 0 bridgehead atoms. The van der Waals surface area contributed by atoms with Gasteiger partial charge in [-0.1, -0.05) is 44.4 Å². The summed E-state index contributed by atoms with van der Waals surface area (Å²) < 4.78 is 7.46. The summed E-state index contributed by atoms with van der Waals surface area (Å²) in [5.74, 6) is 1.29. The molecule has 0 saturated heterocycles. The molecule has 0 aliphatic rings. The van der Waals surface area contributed by atoms with Crippen LogP contribution in [0.25, 0.3) is 16.7 Å². The Morgan fingerprint density at radius 3 is 2.62 bits per heavy atom. The van der Waals surface area contributed by atoms with Crippen molar-refractivity contribution in [2.75, 3.05) is 11.9 Å². The molecule has 2 aromatic carbocycles. The largest absolute Gasteiger partial charge is 0.494 e. The Balaban J connectivity index is 1.41. The number of nitrogens with one attached hydrogen (secondary N) is 1. The van der Waals surface area contributed by atoms with Gasteiger partial charge >= 0.3 is 0 Å². The highest BCUT2D eigenvalue weighted by Gasteiger charge is 2.16. The summed E-state index contributed by atoms with van der Waals surface area (Å²) in [5, 5.41) is 8.40. The third kappa shape index (κ3) is 4.97. The highest BCUT2D eigenvalue weighted by atomic mass is 16.5. The number of carbonyl (C=O) groups is 1.